The number of thiophene rings is 2. The molecule has 2 aromatic heterocycles. The minimum Gasteiger partial charge on any atom is -0.115 e. The third kappa shape index (κ3) is 1.09. The van der Waals surface area contributed by atoms with Gasteiger partial charge in [-0.25, -0.2) is 0 Å². The van der Waals surface area contributed by atoms with Crippen LogP contribution in [0.15, 0.2) is 0 Å². The second kappa shape index (κ2) is 3.17. The minimum atomic E-state index is 1.03. The van der Waals surface area contributed by atoms with Gasteiger partial charge in [-0.05, 0) is 25.0 Å². The molecule has 0 atom stereocenters. The quantitative estimate of drug-likeness (QED) is 0.591. The number of terminal acetylenes is 2. The molecular formula is C12H8S2. The molecule has 2 rings (SSSR count). The van der Waals surface area contributed by atoms with Gasteiger partial charge in [-0.3, -0.25) is 0 Å². The lowest BCUT2D eigenvalue weighted by Crippen LogP contribution is -1.76. The lowest BCUT2D eigenvalue weighted by Gasteiger charge is -1.91. The van der Waals surface area contributed by atoms with Crippen LogP contribution in [0.25, 0.3) is 9.40 Å². The molecule has 68 valence electrons. The van der Waals surface area contributed by atoms with E-state index in [-0.39, 0.29) is 0 Å². The average Bonchev–Trinajstić information content (AvgIpc) is 2.65. The van der Waals surface area contributed by atoms with Gasteiger partial charge in [0.1, 0.15) is 0 Å². The molecule has 0 bridgehead atoms. The summed E-state index contributed by atoms with van der Waals surface area (Å²) in [4.78, 5) is 2.05. The van der Waals surface area contributed by atoms with E-state index in [0.717, 1.165) is 9.75 Å². The van der Waals surface area contributed by atoms with Gasteiger partial charge in [-0.15, -0.1) is 35.5 Å². The predicted octanol–water partition coefficient (Wildman–Crippen LogP) is 3.54. The zero-order valence-electron chi connectivity index (χ0n) is 7.97. The van der Waals surface area contributed by atoms with Crippen molar-refractivity contribution in [1.82, 2.24) is 0 Å². The number of hydrogen-bond acceptors (Lipinski definition) is 2. The van der Waals surface area contributed by atoms with Gasteiger partial charge < -0.3 is 0 Å². The SMILES string of the molecule is C#Cc1sc2sc(C#C)c(C)c2c1C. The van der Waals surface area contributed by atoms with E-state index in [1.54, 1.807) is 22.7 Å². The molecule has 0 aliphatic heterocycles. The van der Waals surface area contributed by atoms with Crippen molar-refractivity contribution in [2.24, 2.45) is 0 Å². The Bertz CT molecular complexity index is 533. The summed E-state index contributed by atoms with van der Waals surface area (Å²) in [6, 6.07) is 0. The van der Waals surface area contributed by atoms with E-state index in [1.165, 1.54) is 20.5 Å². The first-order valence-electron chi connectivity index (χ1n) is 4.14. The van der Waals surface area contributed by atoms with E-state index < -0.39 is 0 Å². The van der Waals surface area contributed by atoms with Crippen LogP contribution in [0.4, 0.5) is 0 Å². The number of hydrogen-bond donors (Lipinski definition) is 0. The Morgan fingerprint density at radius 1 is 0.929 bits per heavy atom. The highest BCUT2D eigenvalue weighted by atomic mass is 32.2. The summed E-state index contributed by atoms with van der Waals surface area (Å²) in [6.07, 6.45) is 10.8. The second-order valence-corrected chi connectivity index (χ2v) is 5.36. The van der Waals surface area contributed by atoms with Crippen molar-refractivity contribution in [3.8, 4) is 24.7 Å². The second-order valence-electron chi connectivity index (χ2n) is 3.06. The van der Waals surface area contributed by atoms with Crippen molar-refractivity contribution in [3.63, 3.8) is 0 Å². The highest BCUT2D eigenvalue weighted by Crippen LogP contribution is 2.39. The van der Waals surface area contributed by atoms with Crippen molar-refractivity contribution in [2.75, 3.05) is 0 Å². The molecule has 2 heterocycles. The van der Waals surface area contributed by atoms with Crippen molar-refractivity contribution < 1.29 is 0 Å². The first kappa shape index (κ1) is 9.34. The fourth-order valence-electron chi connectivity index (χ4n) is 1.55. The van der Waals surface area contributed by atoms with Gasteiger partial charge in [-0.2, -0.15) is 0 Å². The molecule has 0 radical (unpaired) electrons. The van der Waals surface area contributed by atoms with Crippen molar-refractivity contribution >= 4 is 32.1 Å². The Morgan fingerprint density at radius 3 is 1.64 bits per heavy atom. The van der Waals surface area contributed by atoms with Crippen LogP contribution in [-0.2, 0) is 0 Å². The Morgan fingerprint density at radius 2 is 1.36 bits per heavy atom. The highest BCUT2D eigenvalue weighted by molar-refractivity contribution is 7.39. The zero-order valence-corrected chi connectivity index (χ0v) is 9.60. The summed E-state index contributed by atoms with van der Waals surface area (Å²) in [5.41, 5.74) is 2.39. The molecule has 0 saturated carbocycles. The predicted molar refractivity (Wildman–Crippen MR) is 65.0 cm³/mol. The average molecular weight is 216 g/mol. The molecule has 0 spiro atoms. The Balaban J connectivity index is 2.90. The summed E-state index contributed by atoms with van der Waals surface area (Å²) in [5, 5.41) is 1.26. The van der Waals surface area contributed by atoms with Crippen LogP contribution >= 0.6 is 22.7 Å². The third-order valence-corrected chi connectivity index (χ3v) is 4.82. The summed E-state index contributed by atoms with van der Waals surface area (Å²) in [6.45, 7) is 4.13. The maximum Gasteiger partial charge on any atom is 0.0897 e. The van der Waals surface area contributed by atoms with Gasteiger partial charge in [0, 0.05) is 5.39 Å². The number of rotatable bonds is 0. The molecule has 0 amide bonds. The summed E-state index contributed by atoms with van der Waals surface area (Å²) in [5.74, 6) is 5.42. The summed E-state index contributed by atoms with van der Waals surface area (Å²) >= 11 is 3.32. The summed E-state index contributed by atoms with van der Waals surface area (Å²) < 4.78 is 1.25. The van der Waals surface area contributed by atoms with Crippen LogP contribution in [0.5, 0.6) is 0 Å². The van der Waals surface area contributed by atoms with Crippen molar-refractivity contribution in [3.05, 3.63) is 20.9 Å². The van der Waals surface area contributed by atoms with Crippen LogP contribution in [0.3, 0.4) is 0 Å². The molecule has 14 heavy (non-hydrogen) atoms. The molecule has 0 nitrogen and oxygen atoms in total. The fraction of sp³-hybridized carbons (Fsp3) is 0.167. The monoisotopic (exact) mass is 216 g/mol. The third-order valence-electron chi connectivity index (χ3n) is 2.29. The molecule has 0 fully saturated rings. The molecule has 0 aliphatic carbocycles. The smallest absolute Gasteiger partial charge is 0.0897 e. The van der Waals surface area contributed by atoms with E-state index >= 15 is 0 Å². The van der Waals surface area contributed by atoms with Gasteiger partial charge in [-0.1, -0.05) is 11.8 Å². The largest absolute Gasteiger partial charge is 0.115 e. The van der Waals surface area contributed by atoms with Gasteiger partial charge in [0.15, 0.2) is 0 Å². The molecule has 0 aromatic carbocycles. The van der Waals surface area contributed by atoms with Gasteiger partial charge in [0.25, 0.3) is 0 Å². The van der Waals surface area contributed by atoms with E-state index in [2.05, 4.69) is 25.7 Å². The number of fused-ring (bicyclic) bond motifs is 1. The Kier molecular flexibility index (Phi) is 2.11. The topological polar surface area (TPSA) is 0 Å². The lowest BCUT2D eigenvalue weighted by molar-refractivity contribution is 1.51. The van der Waals surface area contributed by atoms with Crippen molar-refractivity contribution in [2.45, 2.75) is 13.8 Å². The van der Waals surface area contributed by atoms with E-state index in [0.29, 0.717) is 0 Å². The van der Waals surface area contributed by atoms with Crippen LogP contribution in [-0.4, -0.2) is 0 Å². The van der Waals surface area contributed by atoms with E-state index in [1.807, 2.05) is 0 Å². The molecule has 2 heteroatoms. The Hall–Kier alpha value is -1.22. The van der Waals surface area contributed by atoms with E-state index in [4.69, 9.17) is 12.8 Å². The van der Waals surface area contributed by atoms with Gasteiger partial charge >= 0.3 is 0 Å². The molecule has 0 unspecified atom stereocenters. The normalized spacial score (nSPS) is 10.0. The lowest BCUT2D eigenvalue weighted by atomic mass is 10.1. The van der Waals surface area contributed by atoms with Crippen LogP contribution in [0.2, 0.25) is 0 Å². The fourth-order valence-corrected chi connectivity index (χ4v) is 4.03. The maximum atomic E-state index is 5.42. The minimum absolute atomic E-state index is 1.03. The Labute approximate surface area is 91.6 Å². The molecule has 0 saturated heterocycles. The van der Waals surface area contributed by atoms with Crippen LogP contribution < -0.4 is 0 Å². The zero-order chi connectivity index (χ0) is 10.3. The van der Waals surface area contributed by atoms with Gasteiger partial charge in [0.05, 0.1) is 13.8 Å². The standard InChI is InChI=1S/C12H8S2/c1-5-9-7(3)11-8(4)10(6-2)14-12(11)13-9/h1-2H,3-4H3. The maximum absolute atomic E-state index is 5.42. The molecule has 0 N–H and O–H groups in total. The highest BCUT2D eigenvalue weighted by Gasteiger charge is 2.14. The van der Waals surface area contributed by atoms with Crippen LogP contribution in [0.1, 0.15) is 20.9 Å². The first-order chi connectivity index (χ1) is 6.69. The summed E-state index contributed by atoms with van der Waals surface area (Å²) in [7, 11) is 0. The van der Waals surface area contributed by atoms with E-state index in [9.17, 15) is 0 Å². The van der Waals surface area contributed by atoms with Gasteiger partial charge in [0.2, 0.25) is 0 Å². The first-order valence-corrected chi connectivity index (χ1v) is 5.78. The van der Waals surface area contributed by atoms with Crippen LogP contribution in [0, 0.1) is 38.5 Å². The molecular weight excluding hydrogens is 208 g/mol. The number of aryl methyl sites for hydroxylation is 2. The molecule has 2 aromatic rings. The molecule has 0 aliphatic rings. The van der Waals surface area contributed by atoms with Crippen molar-refractivity contribution in [1.29, 1.82) is 0 Å².